The van der Waals surface area contributed by atoms with E-state index in [4.69, 9.17) is 28.9 Å². The second kappa shape index (κ2) is 5.99. The Balaban J connectivity index is 2.19. The van der Waals surface area contributed by atoms with Gasteiger partial charge in [0.15, 0.2) is 5.13 Å². The van der Waals surface area contributed by atoms with Gasteiger partial charge < -0.3 is 5.73 Å². The molecular weight excluding hydrogens is 317 g/mol. The quantitative estimate of drug-likeness (QED) is 0.819. The van der Waals surface area contributed by atoms with E-state index in [0.29, 0.717) is 16.6 Å². The number of nitrogen functional groups attached to an aromatic ring is 1. The van der Waals surface area contributed by atoms with Crippen LogP contribution in [0.1, 0.15) is 35.8 Å². The SMILES string of the molecule is CC(C)c1csc(NC(=O)c2cc(N)c(Cl)c(Cl)c2)n1. The van der Waals surface area contributed by atoms with Crippen molar-refractivity contribution in [3.05, 3.63) is 38.8 Å². The van der Waals surface area contributed by atoms with Gasteiger partial charge >= 0.3 is 0 Å². The van der Waals surface area contributed by atoms with Gasteiger partial charge in [0, 0.05) is 10.9 Å². The van der Waals surface area contributed by atoms with Crippen molar-refractivity contribution >= 4 is 51.3 Å². The lowest BCUT2D eigenvalue weighted by atomic mass is 10.2. The molecule has 0 saturated carbocycles. The predicted octanol–water partition coefficient (Wildman–Crippen LogP) is 4.41. The molecule has 0 spiro atoms. The maximum absolute atomic E-state index is 12.1. The van der Waals surface area contributed by atoms with Gasteiger partial charge in [0.25, 0.3) is 5.91 Å². The zero-order chi connectivity index (χ0) is 14.9. The minimum Gasteiger partial charge on any atom is -0.397 e. The molecule has 0 aliphatic rings. The number of nitrogens with zero attached hydrogens (tertiary/aromatic N) is 1. The molecule has 3 N–H and O–H groups in total. The summed E-state index contributed by atoms with van der Waals surface area (Å²) in [5.74, 6) is -0.00237. The van der Waals surface area contributed by atoms with E-state index in [9.17, 15) is 4.79 Å². The number of carbonyl (C=O) groups is 1. The molecule has 2 rings (SSSR count). The summed E-state index contributed by atoms with van der Waals surface area (Å²) >= 11 is 13.1. The number of halogens is 2. The minimum atomic E-state index is -0.320. The molecule has 0 unspecified atom stereocenters. The van der Waals surface area contributed by atoms with Crippen molar-refractivity contribution in [2.45, 2.75) is 19.8 Å². The third-order valence-electron chi connectivity index (χ3n) is 2.65. The van der Waals surface area contributed by atoms with Gasteiger partial charge in [0.1, 0.15) is 0 Å². The van der Waals surface area contributed by atoms with Crippen molar-refractivity contribution in [3.63, 3.8) is 0 Å². The van der Waals surface area contributed by atoms with Crippen molar-refractivity contribution in [1.29, 1.82) is 0 Å². The maximum atomic E-state index is 12.1. The Bertz CT molecular complexity index is 632. The number of amides is 1. The van der Waals surface area contributed by atoms with Crippen LogP contribution < -0.4 is 11.1 Å². The highest BCUT2D eigenvalue weighted by Gasteiger charge is 2.13. The van der Waals surface area contributed by atoms with Crippen molar-refractivity contribution < 1.29 is 4.79 Å². The third kappa shape index (κ3) is 3.23. The van der Waals surface area contributed by atoms with E-state index in [-0.39, 0.29) is 21.6 Å². The summed E-state index contributed by atoms with van der Waals surface area (Å²) in [7, 11) is 0. The van der Waals surface area contributed by atoms with Gasteiger partial charge in [-0.25, -0.2) is 4.98 Å². The van der Waals surface area contributed by atoms with Crippen molar-refractivity contribution in [1.82, 2.24) is 4.98 Å². The molecular formula is C13H13Cl2N3OS. The van der Waals surface area contributed by atoms with Gasteiger partial charge in [-0.3, -0.25) is 10.1 Å². The number of benzene rings is 1. The number of nitrogens with two attached hydrogens (primary N) is 1. The highest BCUT2D eigenvalue weighted by atomic mass is 35.5. The highest BCUT2D eigenvalue weighted by molar-refractivity contribution is 7.14. The topological polar surface area (TPSA) is 68.0 Å². The van der Waals surface area contributed by atoms with E-state index in [0.717, 1.165) is 5.69 Å². The Kier molecular flexibility index (Phi) is 4.52. The van der Waals surface area contributed by atoms with Crippen LogP contribution >= 0.6 is 34.5 Å². The van der Waals surface area contributed by atoms with Gasteiger partial charge in [-0.2, -0.15) is 0 Å². The molecule has 0 aliphatic heterocycles. The van der Waals surface area contributed by atoms with Crippen molar-refractivity contribution in [2.75, 3.05) is 11.1 Å². The average Bonchev–Trinajstić information content (AvgIpc) is 2.84. The van der Waals surface area contributed by atoms with Crippen molar-refractivity contribution in [3.8, 4) is 0 Å². The molecule has 1 aromatic heterocycles. The third-order valence-corrected chi connectivity index (χ3v) is 4.25. The van der Waals surface area contributed by atoms with Crippen LogP contribution in [0, 0.1) is 0 Å². The lowest BCUT2D eigenvalue weighted by molar-refractivity contribution is 0.102. The van der Waals surface area contributed by atoms with E-state index < -0.39 is 0 Å². The number of aromatic nitrogens is 1. The fourth-order valence-corrected chi connectivity index (χ4v) is 2.72. The summed E-state index contributed by atoms with van der Waals surface area (Å²) in [6.07, 6.45) is 0. The molecule has 1 aromatic carbocycles. The molecule has 0 fully saturated rings. The molecule has 0 bridgehead atoms. The molecule has 7 heteroatoms. The Labute approximate surface area is 130 Å². The Morgan fingerprint density at radius 3 is 2.65 bits per heavy atom. The molecule has 106 valence electrons. The van der Waals surface area contributed by atoms with Gasteiger partial charge in [0.2, 0.25) is 0 Å². The van der Waals surface area contributed by atoms with Crippen molar-refractivity contribution in [2.24, 2.45) is 0 Å². The van der Waals surface area contributed by atoms with Gasteiger partial charge in [-0.05, 0) is 18.1 Å². The van der Waals surface area contributed by atoms with Gasteiger partial charge in [-0.1, -0.05) is 37.0 Å². The Morgan fingerprint density at radius 1 is 1.40 bits per heavy atom. The maximum Gasteiger partial charge on any atom is 0.257 e. The van der Waals surface area contributed by atoms with Gasteiger partial charge in [0.05, 0.1) is 21.4 Å². The van der Waals surface area contributed by atoms with Crippen LogP contribution in [-0.4, -0.2) is 10.9 Å². The highest BCUT2D eigenvalue weighted by Crippen LogP contribution is 2.30. The fourth-order valence-electron chi connectivity index (χ4n) is 1.52. The molecule has 4 nitrogen and oxygen atoms in total. The Hall–Kier alpha value is -1.30. The fraction of sp³-hybridized carbons (Fsp3) is 0.231. The summed E-state index contributed by atoms with van der Waals surface area (Å²) in [4.78, 5) is 16.4. The van der Waals surface area contributed by atoms with E-state index >= 15 is 0 Å². The molecule has 0 saturated heterocycles. The summed E-state index contributed by atoms with van der Waals surface area (Å²) < 4.78 is 0. The summed E-state index contributed by atoms with van der Waals surface area (Å²) in [5.41, 5.74) is 7.25. The first kappa shape index (κ1) is 15.1. The molecule has 0 atom stereocenters. The zero-order valence-electron chi connectivity index (χ0n) is 10.9. The number of nitrogens with one attached hydrogen (secondary N) is 1. The number of carbonyl (C=O) groups excluding carboxylic acids is 1. The second-order valence-electron chi connectivity index (χ2n) is 4.55. The van der Waals surface area contributed by atoms with Crippen LogP contribution in [0.3, 0.4) is 0 Å². The molecule has 0 radical (unpaired) electrons. The number of thiazole rings is 1. The van der Waals surface area contributed by atoms with E-state index in [1.165, 1.54) is 23.5 Å². The monoisotopic (exact) mass is 329 g/mol. The lowest BCUT2D eigenvalue weighted by Gasteiger charge is -2.06. The van der Waals surface area contributed by atoms with Crippen LogP contribution in [0.4, 0.5) is 10.8 Å². The van der Waals surface area contributed by atoms with Crippen LogP contribution in [0.15, 0.2) is 17.5 Å². The van der Waals surface area contributed by atoms with E-state index in [1.807, 2.05) is 19.2 Å². The van der Waals surface area contributed by atoms with E-state index in [2.05, 4.69) is 10.3 Å². The van der Waals surface area contributed by atoms with Crippen LogP contribution in [0.2, 0.25) is 10.0 Å². The zero-order valence-corrected chi connectivity index (χ0v) is 13.2. The number of rotatable bonds is 3. The molecule has 0 aliphatic carbocycles. The molecule has 20 heavy (non-hydrogen) atoms. The minimum absolute atomic E-state index is 0.249. The summed E-state index contributed by atoms with van der Waals surface area (Å²) in [6.45, 7) is 4.08. The van der Waals surface area contributed by atoms with Crippen LogP contribution in [0.25, 0.3) is 0 Å². The normalized spacial score (nSPS) is 10.8. The number of hydrogen-bond donors (Lipinski definition) is 2. The molecule has 1 amide bonds. The first-order valence-corrected chi connectivity index (χ1v) is 7.53. The molecule has 2 aromatic rings. The van der Waals surface area contributed by atoms with Gasteiger partial charge in [-0.15, -0.1) is 11.3 Å². The second-order valence-corrected chi connectivity index (χ2v) is 6.19. The number of anilines is 2. The molecule has 1 heterocycles. The first-order chi connectivity index (χ1) is 9.38. The largest absolute Gasteiger partial charge is 0.397 e. The average molecular weight is 330 g/mol. The van der Waals surface area contributed by atoms with E-state index in [1.54, 1.807) is 0 Å². The summed E-state index contributed by atoms with van der Waals surface area (Å²) in [6, 6.07) is 2.97. The van der Waals surface area contributed by atoms with Crippen LogP contribution in [0.5, 0.6) is 0 Å². The predicted molar refractivity (Wildman–Crippen MR) is 85.0 cm³/mol. The first-order valence-electron chi connectivity index (χ1n) is 5.89. The summed E-state index contributed by atoms with van der Waals surface area (Å²) in [5, 5.41) is 5.68. The lowest BCUT2D eigenvalue weighted by Crippen LogP contribution is -2.12. The smallest absolute Gasteiger partial charge is 0.257 e. The van der Waals surface area contributed by atoms with Crippen LogP contribution in [-0.2, 0) is 0 Å². The number of hydrogen-bond acceptors (Lipinski definition) is 4. The Morgan fingerprint density at radius 2 is 2.10 bits per heavy atom. The standard InChI is InChI=1S/C13H13Cl2N3OS/c1-6(2)10-5-20-13(17-10)18-12(19)7-3-8(14)11(15)9(16)4-7/h3-6H,16H2,1-2H3,(H,17,18,19).